The fourth-order valence-electron chi connectivity index (χ4n) is 4.04. The highest BCUT2D eigenvalue weighted by molar-refractivity contribution is 6.60. The average Bonchev–Trinajstić information content (AvgIpc) is 2.87. The molecule has 3 aromatic rings. The molecule has 1 aliphatic rings. The summed E-state index contributed by atoms with van der Waals surface area (Å²) in [6.45, 7) is 3.99. The first-order valence-electron chi connectivity index (χ1n) is 11.9. The van der Waals surface area contributed by atoms with Crippen LogP contribution < -0.4 is 10.9 Å². The van der Waals surface area contributed by atoms with Crippen molar-refractivity contribution in [3.8, 4) is 0 Å². The third kappa shape index (κ3) is 6.36. The van der Waals surface area contributed by atoms with E-state index in [4.69, 9.17) is 0 Å². The molecule has 0 fully saturated rings. The first kappa shape index (κ1) is 25.5. The van der Waals surface area contributed by atoms with Gasteiger partial charge in [-0.25, -0.2) is 9.98 Å². The predicted octanol–water partition coefficient (Wildman–Crippen LogP) is 2.48. The van der Waals surface area contributed by atoms with Gasteiger partial charge in [0.25, 0.3) is 0 Å². The van der Waals surface area contributed by atoms with Gasteiger partial charge in [-0.2, -0.15) is 0 Å². The first-order valence-corrected chi connectivity index (χ1v) is 11.9. The van der Waals surface area contributed by atoms with E-state index in [0.29, 0.717) is 40.1 Å². The number of hydrogen-bond acceptors (Lipinski definition) is 6. The molecule has 0 aliphatic heterocycles. The Balaban J connectivity index is 1.53. The smallest absolute Gasteiger partial charge is 0.423 e. The monoisotopic (exact) mass is 478 g/mol. The number of allylic oxidation sites excluding steroid dienone is 4. The molecule has 0 amide bonds. The molecule has 0 unspecified atom stereocenters. The standard InChI is InChI=1S/C28H28B2N2O4/c1-3-20-5-7-21(8-6-20)17-22-9-10-25(18-26(22)29(33)34)31-23-11-13-24(14-12-23)32-28-15-4-19(2)16-27(28)30(35)36/h4-16,18,33-36H,3,17H2,1-2H3. The Morgan fingerprint density at radius 3 is 1.89 bits per heavy atom. The first-order chi connectivity index (χ1) is 17.3. The van der Waals surface area contributed by atoms with Crippen LogP contribution in [0.4, 0.5) is 11.4 Å². The van der Waals surface area contributed by atoms with Crippen LogP contribution in [-0.2, 0) is 12.8 Å². The van der Waals surface area contributed by atoms with Gasteiger partial charge in [0.2, 0.25) is 0 Å². The summed E-state index contributed by atoms with van der Waals surface area (Å²) in [6, 6.07) is 19.1. The van der Waals surface area contributed by atoms with Crippen molar-refractivity contribution in [2.45, 2.75) is 26.7 Å². The zero-order valence-corrected chi connectivity index (χ0v) is 20.3. The average molecular weight is 478 g/mol. The molecular formula is C28H28B2N2O4. The minimum Gasteiger partial charge on any atom is -0.423 e. The van der Waals surface area contributed by atoms with Crippen LogP contribution in [0, 0.1) is 6.92 Å². The van der Waals surface area contributed by atoms with Crippen molar-refractivity contribution in [1.82, 2.24) is 0 Å². The zero-order chi connectivity index (χ0) is 25.7. The molecule has 4 N–H and O–H groups in total. The molecule has 8 heteroatoms. The molecule has 0 saturated carbocycles. The summed E-state index contributed by atoms with van der Waals surface area (Å²) in [6.07, 6.45) is 8.77. The maximum absolute atomic E-state index is 9.98. The molecule has 0 saturated heterocycles. The topological polar surface area (TPSA) is 106 Å². The van der Waals surface area contributed by atoms with E-state index in [1.165, 1.54) is 5.56 Å². The molecule has 0 atom stereocenters. The highest BCUT2D eigenvalue weighted by Crippen LogP contribution is 2.18. The molecule has 0 heterocycles. The predicted molar refractivity (Wildman–Crippen MR) is 148 cm³/mol. The van der Waals surface area contributed by atoms with Crippen molar-refractivity contribution in [1.29, 1.82) is 0 Å². The summed E-state index contributed by atoms with van der Waals surface area (Å²) >= 11 is 0. The van der Waals surface area contributed by atoms with Crippen LogP contribution in [0.3, 0.4) is 0 Å². The number of aryl methyl sites for hydroxylation is 2. The van der Waals surface area contributed by atoms with Gasteiger partial charge in [-0.05, 0) is 84.4 Å². The minimum atomic E-state index is -1.60. The van der Waals surface area contributed by atoms with Crippen molar-refractivity contribution >= 4 is 48.0 Å². The second-order valence-corrected chi connectivity index (χ2v) is 8.78. The van der Waals surface area contributed by atoms with E-state index < -0.39 is 14.2 Å². The fourth-order valence-corrected chi connectivity index (χ4v) is 4.04. The van der Waals surface area contributed by atoms with E-state index >= 15 is 0 Å². The van der Waals surface area contributed by atoms with Gasteiger partial charge in [0.05, 0.1) is 22.8 Å². The van der Waals surface area contributed by atoms with Gasteiger partial charge in [0, 0.05) is 5.46 Å². The lowest BCUT2D eigenvalue weighted by Gasteiger charge is -2.11. The Bertz CT molecular complexity index is 1340. The Morgan fingerprint density at radius 1 is 0.667 bits per heavy atom. The normalized spacial score (nSPS) is 12.6. The summed E-state index contributed by atoms with van der Waals surface area (Å²) < 4.78 is 0. The van der Waals surface area contributed by atoms with Crippen LogP contribution in [0.5, 0.6) is 0 Å². The van der Waals surface area contributed by atoms with Crippen molar-refractivity contribution in [3.05, 3.63) is 107 Å². The van der Waals surface area contributed by atoms with Crippen molar-refractivity contribution in [3.63, 3.8) is 0 Å². The van der Waals surface area contributed by atoms with Gasteiger partial charge in [-0.3, -0.25) is 0 Å². The highest BCUT2D eigenvalue weighted by Gasteiger charge is 2.18. The maximum atomic E-state index is 9.98. The van der Waals surface area contributed by atoms with Crippen molar-refractivity contribution in [2.24, 2.45) is 9.98 Å². The van der Waals surface area contributed by atoms with E-state index in [1.54, 1.807) is 42.5 Å². The van der Waals surface area contributed by atoms with Gasteiger partial charge in [-0.1, -0.05) is 55.0 Å². The molecule has 1 aliphatic carbocycles. The SMILES string of the molecule is CCc1ccc(Cc2ccc(N=C3C=CC(=Nc4ccc(C)cc4B(O)O)C=C3)cc2B(O)O)cc1. The van der Waals surface area contributed by atoms with Crippen LogP contribution in [0.1, 0.15) is 29.2 Å². The molecule has 36 heavy (non-hydrogen) atoms. The summed E-state index contributed by atoms with van der Waals surface area (Å²) in [5.74, 6) is 0. The Kier molecular flexibility index (Phi) is 8.13. The van der Waals surface area contributed by atoms with Crippen LogP contribution in [-0.4, -0.2) is 45.8 Å². The van der Waals surface area contributed by atoms with Gasteiger partial charge in [0.15, 0.2) is 0 Å². The van der Waals surface area contributed by atoms with E-state index in [0.717, 1.165) is 23.1 Å². The lowest BCUT2D eigenvalue weighted by atomic mass is 9.75. The van der Waals surface area contributed by atoms with Crippen molar-refractivity contribution in [2.75, 3.05) is 0 Å². The van der Waals surface area contributed by atoms with Crippen LogP contribution in [0.25, 0.3) is 0 Å². The Morgan fingerprint density at radius 2 is 1.28 bits per heavy atom. The number of aliphatic imine (C=N–C) groups is 2. The molecule has 180 valence electrons. The Labute approximate surface area is 212 Å². The summed E-state index contributed by atoms with van der Waals surface area (Å²) in [5, 5.41) is 39.2. The molecule has 3 aromatic carbocycles. The van der Waals surface area contributed by atoms with Gasteiger partial charge >= 0.3 is 14.2 Å². The maximum Gasteiger partial charge on any atom is 0.490 e. The van der Waals surface area contributed by atoms with Gasteiger partial charge in [-0.15, -0.1) is 0 Å². The van der Waals surface area contributed by atoms with Gasteiger partial charge in [0.1, 0.15) is 0 Å². The molecular weight excluding hydrogens is 450 g/mol. The highest BCUT2D eigenvalue weighted by atomic mass is 16.4. The quantitative estimate of drug-likeness (QED) is 0.310. The second-order valence-electron chi connectivity index (χ2n) is 8.78. The molecule has 0 radical (unpaired) electrons. The van der Waals surface area contributed by atoms with E-state index in [9.17, 15) is 20.1 Å². The number of benzene rings is 3. The van der Waals surface area contributed by atoms with Crippen LogP contribution in [0.2, 0.25) is 0 Å². The largest absolute Gasteiger partial charge is 0.490 e. The van der Waals surface area contributed by atoms with E-state index in [2.05, 4.69) is 41.2 Å². The molecule has 0 spiro atoms. The lowest BCUT2D eigenvalue weighted by Crippen LogP contribution is -2.33. The second kappa shape index (κ2) is 11.5. The number of rotatable bonds is 7. The van der Waals surface area contributed by atoms with E-state index in [1.807, 2.05) is 25.1 Å². The van der Waals surface area contributed by atoms with Crippen LogP contribution in [0.15, 0.2) is 95.0 Å². The third-order valence-electron chi connectivity index (χ3n) is 6.05. The van der Waals surface area contributed by atoms with E-state index in [-0.39, 0.29) is 0 Å². The zero-order valence-electron chi connectivity index (χ0n) is 20.3. The summed E-state index contributed by atoms with van der Waals surface area (Å²) in [7, 11) is -3.20. The van der Waals surface area contributed by atoms with Crippen LogP contribution >= 0.6 is 0 Å². The minimum absolute atomic E-state index is 0.347. The number of hydrogen-bond donors (Lipinski definition) is 4. The molecule has 0 aromatic heterocycles. The fraction of sp³-hybridized carbons (Fsp3) is 0.143. The lowest BCUT2D eigenvalue weighted by molar-refractivity contribution is 0.424. The molecule has 4 rings (SSSR count). The molecule has 0 bridgehead atoms. The molecule has 6 nitrogen and oxygen atoms in total. The van der Waals surface area contributed by atoms with Crippen molar-refractivity contribution < 1.29 is 20.1 Å². The number of nitrogens with zero attached hydrogens (tertiary/aromatic N) is 2. The Hall–Kier alpha value is -3.55. The summed E-state index contributed by atoms with van der Waals surface area (Å²) in [4.78, 5) is 9.14. The summed E-state index contributed by atoms with van der Waals surface area (Å²) in [5.41, 5.74) is 7.32. The third-order valence-corrected chi connectivity index (χ3v) is 6.05. The van der Waals surface area contributed by atoms with Gasteiger partial charge < -0.3 is 20.1 Å².